The highest BCUT2D eigenvalue weighted by molar-refractivity contribution is 14.1. The van der Waals surface area contributed by atoms with Gasteiger partial charge in [-0.05, 0) is 233 Å². The average Bonchev–Trinajstić information content (AvgIpc) is 1.64. The smallest absolute Gasteiger partial charge is 0.410 e. The van der Waals surface area contributed by atoms with Crippen molar-refractivity contribution < 1.29 is 79.7 Å². The van der Waals surface area contributed by atoms with E-state index in [1.807, 2.05) is 26.4 Å². The number of aliphatic imine (C=N–C) groups is 3. The van der Waals surface area contributed by atoms with Crippen molar-refractivity contribution in [2.24, 2.45) is 15.0 Å². The molecule has 626 valence electrons. The van der Waals surface area contributed by atoms with Gasteiger partial charge in [-0.1, -0.05) is 0 Å². The van der Waals surface area contributed by atoms with Crippen molar-refractivity contribution in [1.82, 2.24) is 64.9 Å². The topological polar surface area (TPSA) is 338 Å². The molecule has 0 radical (unpaired) electrons. The molecule has 29 nitrogen and oxygen atoms in total. The van der Waals surface area contributed by atoms with Crippen molar-refractivity contribution in [2.75, 3.05) is 80.8 Å². The summed E-state index contributed by atoms with van der Waals surface area (Å²) in [7, 11) is 6.77. The second kappa shape index (κ2) is 42.9. The maximum Gasteiger partial charge on any atom is 0.410 e. The number of nitrogens with one attached hydrogen (secondary N) is 4. The van der Waals surface area contributed by atoms with E-state index in [-0.39, 0.29) is 61.7 Å². The van der Waals surface area contributed by atoms with Gasteiger partial charge in [0.25, 0.3) is 5.91 Å². The zero-order chi connectivity index (χ0) is 84.3. The van der Waals surface area contributed by atoms with E-state index in [1.165, 1.54) is 83.7 Å². The molecule has 0 aliphatic carbocycles. The highest BCUT2D eigenvalue weighted by Gasteiger charge is 2.28. The van der Waals surface area contributed by atoms with Crippen molar-refractivity contribution >= 4 is 164 Å². The number of ether oxygens (including phenoxy) is 9. The van der Waals surface area contributed by atoms with E-state index in [0.29, 0.717) is 123 Å². The lowest BCUT2D eigenvalue weighted by atomic mass is 10.1. The Morgan fingerprint density at radius 1 is 0.684 bits per heavy atom. The first-order valence-electron chi connectivity index (χ1n) is 36.2. The molecule has 6 aromatic heterocycles. The van der Waals surface area contributed by atoms with E-state index in [9.17, 15) is 37.1 Å². The van der Waals surface area contributed by atoms with Crippen LogP contribution in [0.5, 0.6) is 40.6 Å². The number of nitrogens with zero attached hydrogens (tertiary/aromatic N) is 12. The highest BCUT2D eigenvalue weighted by atomic mass is 127. The molecule has 5 N–H and O–H groups in total. The van der Waals surface area contributed by atoms with Crippen LogP contribution in [0.25, 0.3) is 33.5 Å². The maximum absolute atomic E-state index is 14.0. The molecule has 38 heteroatoms. The third-order valence-corrected chi connectivity index (χ3v) is 19.5. The van der Waals surface area contributed by atoms with Crippen molar-refractivity contribution in [3.8, 4) is 40.6 Å². The number of aliphatic hydroxyl groups excluding tert-OH is 1. The fraction of sp³-hybridized carbons (Fsp3) is 0.367. The minimum Gasteiger partial charge on any atom is -0.492 e. The molecule has 0 fully saturated rings. The van der Waals surface area contributed by atoms with Gasteiger partial charge in [0, 0.05) is 78.3 Å². The predicted molar refractivity (Wildman–Crippen MR) is 466 cm³/mol. The van der Waals surface area contributed by atoms with Crippen molar-refractivity contribution in [3.05, 3.63) is 178 Å². The van der Waals surface area contributed by atoms with Gasteiger partial charge in [-0.25, -0.2) is 67.0 Å². The number of aliphatic hydroxyl groups is 1. The zero-order valence-electron chi connectivity index (χ0n) is 66.2. The standard InChI is InChI=1S/C22H26FIN4O4.C18H17FN4O3.C17H18FIN4O2.C16H24FNO4.C6H3BrIN3.ClH/c1-13(31-18-12-26-20-19(27-18)16(24)11-25-20)15-10-14(23)6-7-17(15)30-9-8-28(5)21(29)32-22(2,3)4;1-10-12-7-11(19)3-4-14(12)25-6-5-23(2)18(24)13-8-20-17-16(13)22-15(26-10)9-21-17;1-10(12-7-11(18)3-4-14(12)24-6-5-20-2)25-15-9-22-17-16(23-15)13(19)8-21-17;1-11(19)13-10-12(17)6-7-14(13)21-9-8-18(5)15(20)22-16(2,3)4;7-4-2-10-6-5(11-4)3(8)1-9-6;/h6-7,10-13H,8-9H2,1-5H3,(H,25,26);3-4,7-10H,5-6H2,1-2H3,(H,20,21);3-4,7-10,20H,5-6H2,1-2H3,(H,21,22);6-7,10-11,19H,8-9H2,1-5H3;1-2,5H;1H/t;10-;;11-;;/m.1.1../s1. The van der Waals surface area contributed by atoms with E-state index in [4.69, 9.17) is 42.6 Å². The molecule has 0 saturated heterocycles. The van der Waals surface area contributed by atoms with Gasteiger partial charge in [-0.15, -0.1) is 12.4 Å². The molecule has 9 heterocycles. The summed E-state index contributed by atoms with van der Waals surface area (Å²) < 4.78 is 109. The Morgan fingerprint density at radius 3 is 1.67 bits per heavy atom. The summed E-state index contributed by atoms with van der Waals surface area (Å²) >= 11 is 9.83. The SMILES string of the molecule is BrC1=NC2C(I)=CN=C2N=C1.CC(Oc1cnc2[nH]cc(I)c2n1)c1cc(F)ccc1OCCN(C)C(=O)OC(C)(C)C.CNCCOc1ccc(F)cc1C(C)Oc1cnc2[nH]cc(I)c2n1.C[C@@H](O)c1cc(F)ccc1OCCN(C)C(=O)OC(C)(C)C.C[C@H]1Oc2cnc3[nH]cc(c3n2)C(=O)N(C)CCOc2ccc(F)cc21.Cl. The molecule has 3 aliphatic rings. The lowest BCUT2D eigenvalue weighted by Gasteiger charge is -2.25. The molecule has 2 bridgehead atoms. The van der Waals surface area contributed by atoms with E-state index < -0.39 is 59.4 Å². The van der Waals surface area contributed by atoms with Crippen LogP contribution in [0.4, 0.5) is 27.2 Å². The Balaban J connectivity index is 0.000000187. The first-order chi connectivity index (χ1) is 55.0. The van der Waals surface area contributed by atoms with Crippen LogP contribution in [0, 0.1) is 30.4 Å². The Morgan fingerprint density at radius 2 is 1.15 bits per heavy atom. The molecular formula is C79H89BrClF4I3N16O13. The van der Waals surface area contributed by atoms with Gasteiger partial charge in [0.15, 0.2) is 22.8 Å². The van der Waals surface area contributed by atoms with Gasteiger partial charge >= 0.3 is 12.2 Å². The quantitative estimate of drug-likeness (QED) is 0.0285. The number of hydrogen-bond donors (Lipinski definition) is 5. The zero-order valence-corrected chi connectivity index (χ0v) is 75.1. The van der Waals surface area contributed by atoms with Crippen LogP contribution in [0.3, 0.4) is 0 Å². The molecule has 10 aromatic rings. The number of rotatable bonds is 19. The van der Waals surface area contributed by atoms with Crippen molar-refractivity contribution in [1.29, 1.82) is 0 Å². The molecule has 3 unspecified atom stereocenters. The number of amides is 3. The summed E-state index contributed by atoms with van der Waals surface area (Å²) in [6.07, 6.45) is 10.0. The van der Waals surface area contributed by atoms with Crippen LogP contribution >= 0.6 is 96.1 Å². The van der Waals surface area contributed by atoms with Gasteiger partial charge in [-0.2, -0.15) is 0 Å². The van der Waals surface area contributed by atoms with E-state index in [0.717, 1.165) is 26.7 Å². The number of aromatic amines is 3. The Bertz CT molecular complexity index is 5220. The molecule has 0 saturated carbocycles. The van der Waals surface area contributed by atoms with Crippen LogP contribution in [0.15, 0.2) is 135 Å². The monoisotopic (exact) mass is 2040 g/mol. The first kappa shape index (κ1) is 93.2. The lowest BCUT2D eigenvalue weighted by Crippen LogP contribution is -2.36. The second-order valence-corrected chi connectivity index (χ2v) is 32.4. The molecule has 117 heavy (non-hydrogen) atoms. The minimum atomic E-state index is -0.839. The fourth-order valence-electron chi connectivity index (χ4n) is 10.7. The van der Waals surface area contributed by atoms with E-state index in [2.05, 4.69) is 149 Å². The van der Waals surface area contributed by atoms with Crippen molar-refractivity contribution in [2.45, 2.75) is 111 Å². The minimum absolute atomic E-state index is 0. The van der Waals surface area contributed by atoms with Crippen molar-refractivity contribution in [3.63, 3.8) is 0 Å². The normalized spacial score (nSPS) is 14.9. The number of amidine groups is 1. The Labute approximate surface area is 728 Å². The molecule has 5 atom stereocenters. The van der Waals surface area contributed by atoms with Crippen LogP contribution in [-0.4, -0.2) is 197 Å². The Kier molecular flexibility index (Phi) is 34.2. The average molecular weight is 2040 g/mol. The number of H-pyrrole nitrogens is 3. The Hall–Kier alpha value is -9.30. The summed E-state index contributed by atoms with van der Waals surface area (Å²) in [5.74, 6) is 1.93. The molecular weight excluding hydrogens is 1950 g/mol. The first-order valence-corrected chi connectivity index (χ1v) is 40.2. The third-order valence-electron chi connectivity index (χ3n) is 16.6. The molecule has 3 aliphatic heterocycles. The number of carbonyl (C=O) groups is 3. The lowest BCUT2D eigenvalue weighted by molar-refractivity contribution is 0.0268. The van der Waals surface area contributed by atoms with Crippen LogP contribution in [0.1, 0.15) is 126 Å². The van der Waals surface area contributed by atoms with Gasteiger partial charge in [-0.3, -0.25) is 9.79 Å². The number of fused-ring (bicyclic) bond motifs is 5. The largest absolute Gasteiger partial charge is 0.492 e. The second-order valence-electron chi connectivity index (χ2n) is 28.0. The summed E-state index contributed by atoms with van der Waals surface area (Å²) in [5.41, 5.74) is 5.12. The summed E-state index contributed by atoms with van der Waals surface area (Å²) in [6, 6.07) is 16.9. The van der Waals surface area contributed by atoms with Gasteiger partial charge in [0.1, 0.15) is 129 Å². The van der Waals surface area contributed by atoms with Crippen LogP contribution in [0.2, 0.25) is 0 Å². The molecule has 3 amide bonds. The van der Waals surface area contributed by atoms with Crippen LogP contribution < -0.4 is 38.5 Å². The van der Waals surface area contributed by atoms with E-state index in [1.54, 1.807) is 124 Å². The summed E-state index contributed by atoms with van der Waals surface area (Å²) in [5, 5.41) is 12.6. The number of aromatic nitrogens is 9. The number of likely N-dealkylation sites (N-methyl/N-ethyl adjacent to an activating group) is 4. The van der Waals surface area contributed by atoms with Crippen LogP contribution in [-0.2, 0) is 9.47 Å². The number of halogens is 9. The molecule has 13 rings (SSSR count). The number of hydrogen-bond acceptors (Lipinski definition) is 23. The molecule has 0 spiro atoms. The van der Waals surface area contributed by atoms with E-state index >= 15 is 0 Å². The third kappa shape index (κ3) is 27.1. The number of benzene rings is 4. The molecule has 4 aromatic carbocycles. The maximum atomic E-state index is 14.0. The highest BCUT2D eigenvalue weighted by Crippen LogP contribution is 2.35. The van der Waals surface area contributed by atoms with Gasteiger partial charge < -0.3 is 82.7 Å². The number of carbonyl (C=O) groups excluding carboxylic acids is 3. The predicted octanol–water partition coefficient (Wildman–Crippen LogP) is 16.7. The van der Waals surface area contributed by atoms with Gasteiger partial charge in [0.2, 0.25) is 17.6 Å². The summed E-state index contributed by atoms with van der Waals surface area (Å²) in [6.45, 7) is 20.6. The fourth-order valence-corrected chi connectivity index (χ4v) is 12.6. The summed E-state index contributed by atoms with van der Waals surface area (Å²) in [4.78, 5) is 88.6. The van der Waals surface area contributed by atoms with Gasteiger partial charge in [0.05, 0.1) is 63.2 Å².